The van der Waals surface area contributed by atoms with Crippen molar-refractivity contribution in [3.63, 3.8) is 0 Å². The second-order valence-electron chi connectivity index (χ2n) is 8.87. The van der Waals surface area contributed by atoms with E-state index in [4.69, 9.17) is 4.98 Å². The molecule has 0 radical (unpaired) electrons. The fourth-order valence-electron chi connectivity index (χ4n) is 5.16. The lowest BCUT2D eigenvalue weighted by Gasteiger charge is -2.12. The average molecular weight is 447 g/mol. The van der Waals surface area contributed by atoms with Crippen molar-refractivity contribution in [3.8, 4) is 28.2 Å². The Labute approximate surface area is 203 Å². The molecule has 7 aromatic rings. The first-order valence-electron chi connectivity index (χ1n) is 11.9. The molecule has 0 aliphatic rings. The summed E-state index contributed by atoms with van der Waals surface area (Å²) in [6, 6.07) is 47.2. The first-order chi connectivity index (χ1) is 17.4. The quantitative estimate of drug-likeness (QED) is 0.248. The standard InChI is InChI=1S/C33H22N2/c1-3-11-23(12-4-1)33-34-31-22-25(19-20-32(31)35(33)26-14-5-2-6-15-26)30-21-24-13-7-8-16-27(24)28-17-9-10-18-29(28)30/h1-22H. The van der Waals surface area contributed by atoms with E-state index >= 15 is 0 Å². The molecule has 0 atom stereocenters. The number of rotatable bonds is 3. The number of imidazole rings is 1. The van der Waals surface area contributed by atoms with E-state index in [2.05, 4.69) is 126 Å². The minimum absolute atomic E-state index is 0.951. The van der Waals surface area contributed by atoms with Crippen molar-refractivity contribution in [2.24, 2.45) is 0 Å². The predicted octanol–water partition coefficient (Wildman–Crippen LogP) is 8.67. The Morgan fingerprint density at radius 3 is 1.94 bits per heavy atom. The lowest BCUT2D eigenvalue weighted by Crippen LogP contribution is -1.97. The first-order valence-corrected chi connectivity index (χ1v) is 11.9. The third-order valence-electron chi connectivity index (χ3n) is 6.78. The van der Waals surface area contributed by atoms with Gasteiger partial charge in [0, 0.05) is 11.3 Å². The van der Waals surface area contributed by atoms with Crippen molar-refractivity contribution < 1.29 is 0 Å². The van der Waals surface area contributed by atoms with E-state index in [-0.39, 0.29) is 0 Å². The van der Waals surface area contributed by atoms with E-state index < -0.39 is 0 Å². The SMILES string of the molecule is c1ccc(-c2nc3cc(-c4cc5ccccc5c5ccccc45)ccc3n2-c2ccccc2)cc1. The summed E-state index contributed by atoms with van der Waals surface area (Å²) in [6.45, 7) is 0. The van der Waals surface area contributed by atoms with Crippen molar-refractivity contribution in [2.75, 3.05) is 0 Å². The Morgan fingerprint density at radius 2 is 1.14 bits per heavy atom. The molecule has 1 heterocycles. The van der Waals surface area contributed by atoms with Gasteiger partial charge in [-0.15, -0.1) is 0 Å². The van der Waals surface area contributed by atoms with Crippen LogP contribution in [-0.2, 0) is 0 Å². The molecule has 0 spiro atoms. The monoisotopic (exact) mass is 446 g/mol. The van der Waals surface area contributed by atoms with Gasteiger partial charge in [-0.2, -0.15) is 0 Å². The molecule has 0 unspecified atom stereocenters. The topological polar surface area (TPSA) is 17.8 Å². The van der Waals surface area contributed by atoms with Crippen molar-refractivity contribution in [1.82, 2.24) is 9.55 Å². The van der Waals surface area contributed by atoms with Crippen LogP contribution in [0.1, 0.15) is 0 Å². The Kier molecular flexibility index (Phi) is 4.49. The average Bonchev–Trinajstić information content (AvgIpc) is 3.32. The van der Waals surface area contributed by atoms with Gasteiger partial charge in [-0.3, -0.25) is 4.57 Å². The summed E-state index contributed by atoms with van der Waals surface area (Å²) >= 11 is 0. The molecule has 6 aromatic carbocycles. The first kappa shape index (κ1) is 19.7. The number of fused-ring (bicyclic) bond motifs is 4. The van der Waals surface area contributed by atoms with Crippen molar-refractivity contribution >= 4 is 32.6 Å². The summed E-state index contributed by atoms with van der Waals surface area (Å²) < 4.78 is 2.26. The van der Waals surface area contributed by atoms with Gasteiger partial charge in [0.1, 0.15) is 5.82 Å². The normalized spacial score (nSPS) is 11.4. The summed E-state index contributed by atoms with van der Waals surface area (Å²) in [5.74, 6) is 0.951. The molecule has 7 rings (SSSR count). The van der Waals surface area contributed by atoms with Crippen LogP contribution in [0.15, 0.2) is 133 Å². The molecule has 0 saturated heterocycles. The molecule has 1 aromatic heterocycles. The second kappa shape index (κ2) is 7.96. The Hall–Kier alpha value is -4.69. The van der Waals surface area contributed by atoms with Gasteiger partial charge in [0.05, 0.1) is 11.0 Å². The number of aromatic nitrogens is 2. The molecule has 0 aliphatic heterocycles. The van der Waals surface area contributed by atoms with Gasteiger partial charge >= 0.3 is 0 Å². The van der Waals surface area contributed by atoms with Crippen LogP contribution in [0.3, 0.4) is 0 Å². The highest BCUT2D eigenvalue weighted by Crippen LogP contribution is 2.37. The van der Waals surface area contributed by atoms with Crippen LogP contribution >= 0.6 is 0 Å². The molecule has 2 nitrogen and oxygen atoms in total. The Bertz CT molecular complexity index is 1830. The fraction of sp³-hybridized carbons (Fsp3) is 0. The predicted molar refractivity (Wildman–Crippen MR) is 147 cm³/mol. The van der Waals surface area contributed by atoms with Crippen LogP contribution in [0.2, 0.25) is 0 Å². The van der Waals surface area contributed by atoms with Crippen LogP contribution in [-0.4, -0.2) is 9.55 Å². The van der Waals surface area contributed by atoms with E-state index in [0.29, 0.717) is 0 Å². The molecular weight excluding hydrogens is 424 g/mol. The van der Waals surface area contributed by atoms with Gasteiger partial charge in [-0.1, -0.05) is 103 Å². The van der Waals surface area contributed by atoms with E-state index in [0.717, 1.165) is 28.1 Å². The molecular formula is C33H22N2. The number of hydrogen-bond donors (Lipinski definition) is 0. The van der Waals surface area contributed by atoms with E-state index in [9.17, 15) is 0 Å². The minimum atomic E-state index is 0.951. The molecule has 0 aliphatic carbocycles. The number of benzene rings is 6. The summed E-state index contributed by atoms with van der Waals surface area (Å²) in [5.41, 5.74) is 6.71. The van der Waals surface area contributed by atoms with Gasteiger partial charge in [-0.05, 0) is 63.0 Å². The van der Waals surface area contributed by atoms with Crippen molar-refractivity contribution in [1.29, 1.82) is 0 Å². The Balaban J connectivity index is 1.51. The van der Waals surface area contributed by atoms with E-state index in [1.807, 2.05) is 12.1 Å². The van der Waals surface area contributed by atoms with Gasteiger partial charge in [0.15, 0.2) is 0 Å². The highest BCUT2D eigenvalue weighted by Gasteiger charge is 2.16. The zero-order chi connectivity index (χ0) is 23.2. The van der Waals surface area contributed by atoms with Crippen LogP contribution in [0.25, 0.3) is 60.8 Å². The summed E-state index contributed by atoms with van der Waals surface area (Å²) in [7, 11) is 0. The summed E-state index contributed by atoms with van der Waals surface area (Å²) in [4.78, 5) is 5.15. The summed E-state index contributed by atoms with van der Waals surface area (Å²) in [6.07, 6.45) is 0. The van der Waals surface area contributed by atoms with Crippen LogP contribution in [0.4, 0.5) is 0 Å². The maximum absolute atomic E-state index is 5.15. The molecule has 0 amide bonds. The van der Waals surface area contributed by atoms with Gasteiger partial charge in [-0.25, -0.2) is 4.98 Å². The van der Waals surface area contributed by atoms with Crippen molar-refractivity contribution in [2.45, 2.75) is 0 Å². The van der Waals surface area contributed by atoms with Gasteiger partial charge in [0.25, 0.3) is 0 Å². The lowest BCUT2D eigenvalue weighted by molar-refractivity contribution is 1.10. The largest absolute Gasteiger partial charge is 0.292 e. The van der Waals surface area contributed by atoms with E-state index in [1.54, 1.807) is 0 Å². The molecule has 164 valence electrons. The van der Waals surface area contributed by atoms with Crippen LogP contribution < -0.4 is 0 Å². The van der Waals surface area contributed by atoms with Crippen LogP contribution in [0, 0.1) is 0 Å². The highest BCUT2D eigenvalue weighted by molar-refractivity contribution is 6.14. The second-order valence-corrected chi connectivity index (χ2v) is 8.87. The number of nitrogens with zero attached hydrogens (tertiary/aromatic N) is 2. The third-order valence-corrected chi connectivity index (χ3v) is 6.78. The molecule has 0 N–H and O–H groups in total. The lowest BCUT2D eigenvalue weighted by atomic mass is 9.93. The molecule has 0 saturated carbocycles. The van der Waals surface area contributed by atoms with Crippen molar-refractivity contribution in [3.05, 3.63) is 133 Å². The smallest absolute Gasteiger partial charge is 0.145 e. The fourth-order valence-corrected chi connectivity index (χ4v) is 5.16. The van der Waals surface area contributed by atoms with Gasteiger partial charge < -0.3 is 0 Å². The Morgan fingerprint density at radius 1 is 0.486 bits per heavy atom. The molecule has 0 fully saturated rings. The van der Waals surface area contributed by atoms with Gasteiger partial charge in [0.2, 0.25) is 0 Å². The summed E-state index contributed by atoms with van der Waals surface area (Å²) in [5, 5.41) is 5.07. The zero-order valence-corrected chi connectivity index (χ0v) is 19.1. The van der Waals surface area contributed by atoms with E-state index in [1.165, 1.54) is 32.7 Å². The maximum Gasteiger partial charge on any atom is 0.145 e. The third kappa shape index (κ3) is 3.23. The minimum Gasteiger partial charge on any atom is -0.292 e. The highest BCUT2D eigenvalue weighted by atomic mass is 15.1. The number of hydrogen-bond acceptors (Lipinski definition) is 1. The zero-order valence-electron chi connectivity index (χ0n) is 19.1. The van der Waals surface area contributed by atoms with Crippen LogP contribution in [0.5, 0.6) is 0 Å². The molecule has 35 heavy (non-hydrogen) atoms. The number of para-hydroxylation sites is 1. The molecule has 2 heteroatoms. The molecule has 0 bridgehead atoms. The maximum atomic E-state index is 5.15.